The number of likely N-dealkylation sites (tertiary alicyclic amines) is 1. The molecule has 5 atom stereocenters. The molecule has 1 saturated carbocycles. The van der Waals surface area contributed by atoms with E-state index in [0.29, 0.717) is 17.7 Å². The second-order valence-electron chi connectivity index (χ2n) is 11.8. The van der Waals surface area contributed by atoms with Crippen molar-refractivity contribution < 1.29 is 14.6 Å². The number of rotatable bonds is 2. The number of ether oxygens (including phenoxy) is 1. The van der Waals surface area contributed by atoms with Gasteiger partial charge < -0.3 is 24.5 Å². The highest BCUT2D eigenvalue weighted by molar-refractivity contribution is 5.94. The summed E-state index contributed by atoms with van der Waals surface area (Å²) in [6.45, 7) is 5.12. The molecule has 6 rings (SSSR count). The summed E-state index contributed by atoms with van der Waals surface area (Å²) >= 11 is 0. The summed E-state index contributed by atoms with van der Waals surface area (Å²) in [5.41, 5.74) is 6.63. The van der Waals surface area contributed by atoms with Gasteiger partial charge in [0.1, 0.15) is 6.10 Å². The molecule has 2 aromatic carbocycles. The summed E-state index contributed by atoms with van der Waals surface area (Å²) < 4.78 is 6.73. The summed E-state index contributed by atoms with van der Waals surface area (Å²) in [7, 11) is 8.19. The van der Waals surface area contributed by atoms with E-state index in [4.69, 9.17) is 4.74 Å². The number of carbonyl (C=O) groups is 1. The Morgan fingerprint density at radius 2 is 1.95 bits per heavy atom. The van der Waals surface area contributed by atoms with Crippen molar-refractivity contribution in [2.24, 2.45) is 5.92 Å². The van der Waals surface area contributed by atoms with Crippen molar-refractivity contribution in [2.75, 3.05) is 39.6 Å². The van der Waals surface area contributed by atoms with Crippen LogP contribution in [0.5, 0.6) is 11.5 Å². The number of phenolic OH excluding ortho intramolecular Hbond substituents is 1. The lowest BCUT2D eigenvalue weighted by molar-refractivity contribution is -0.133. The average Bonchev–Trinajstić information content (AvgIpc) is 3.22. The molecule has 2 aromatic rings. The van der Waals surface area contributed by atoms with Gasteiger partial charge in [0.25, 0.3) is 5.91 Å². The molecule has 2 aliphatic heterocycles. The lowest BCUT2D eigenvalue weighted by atomic mass is 9.51. The number of piperidine rings is 1. The summed E-state index contributed by atoms with van der Waals surface area (Å²) in [5.74, 6) is 7.10. The van der Waals surface area contributed by atoms with Crippen LogP contribution in [0.3, 0.4) is 0 Å². The van der Waals surface area contributed by atoms with Crippen LogP contribution in [0.25, 0.3) is 0 Å². The standard InChI is InChI=1S/C31H37N3O3/c1-18-7-8-20(15-19(18)2)9-12-27(36)34(6)23-11-10-22-25-16-21-24(32(3)4)17-26(35)29-28(21)31(22,30(23)37-29)13-14-33(25)5/h7-8,15,17,22-23,25,30,35H,10-11,13-14,16H2,1-6H3/t22-,23-,25+,30-,31-/m0/s1. The van der Waals surface area contributed by atoms with Crippen LogP contribution in [0.1, 0.15) is 47.1 Å². The Morgan fingerprint density at radius 3 is 2.68 bits per heavy atom. The maximum absolute atomic E-state index is 13.4. The minimum atomic E-state index is -0.192. The van der Waals surface area contributed by atoms with Gasteiger partial charge in [-0.25, -0.2) is 0 Å². The minimum Gasteiger partial charge on any atom is -0.504 e. The zero-order valence-electron chi connectivity index (χ0n) is 22.8. The number of aryl methyl sites for hydroxylation is 2. The first-order valence-electron chi connectivity index (χ1n) is 13.4. The minimum absolute atomic E-state index is 0.0950. The van der Waals surface area contributed by atoms with E-state index < -0.39 is 0 Å². The predicted octanol–water partition coefficient (Wildman–Crippen LogP) is 3.62. The van der Waals surface area contributed by atoms with E-state index >= 15 is 0 Å². The van der Waals surface area contributed by atoms with Crippen LogP contribution in [0.2, 0.25) is 0 Å². The Labute approximate surface area is 220 Å². The third-order valence-electron chi connectivity index (χ3n) is 9.79. The van der Waals surface area contributed by atoms with Gasteiger partial charge in [0.15, 0.2) is 11.5 Å². The first-order chi connectivity index (χ1) is 17.6. The fourth-order valence-corrected chi connectivity index (χ4v) is 7.75. The second-order valence-corrected chi connectivity index (χ2v) is 11.8. The van der Waals surface area contributed by atoms with Crippen LogP contribution >= 0.6 is 0 Å². The molecule has 6 heteroatoms. The Balaban J connectivity index is 1.39. The maximum atomic E-state index is 13.4. The van der Waals surface area contributed by atoms with Crippen molar-refractivity contribution in [3.8, 4) is 23.3 Å². The third kappa shape index (κ3) is 3.40. The highest BCUT2D eigenvalue weighted by atomic mass is 16.5. The molecular formula is C31H37N3O3. The first-order valence-corrected chi connectivity index (χ1v) is 13.4. The molecule has 0 unspecified atom stereocenters. The molecule has 1 saturated heterocycles. The largest absolute Gasteiger partial charge is 0.504 e. The van der Waals surface area contributed by atoms with Gasteiger partial charge in [-0.15, -0.1) is 0 Å². The molecule has 2 fully saturated rings. The summed E-state index contributed by atoms with van der Waals surface area (Å²) in [6, 6.07) is 8.25. The number of aromatic hydroxyl groups is 1. The van der Waals surface area contributed by atoms with Gasteiger partial charge in [-0.2, -0.15) is 0 Å². The van der Waals surface area contributed by atoms with Crippen LogP contribution in [0.4, 0.5) is 5.69 Å². The van der Waals surface area contributed by atoms with Crippen molar-refractivity contribution in [3.05, 3.63) is 52.1 Å². The second kappa shape index (κ2) is 8.43. The number of hydrogen-bond donors (Lipinski definition) is 1. The molecular weight excluding hydrogens is 462 g/mol. The number of carbonyl (C=O) groups excluding carboxylic acids is 1. The molecule has 1 spiro atoms. The fraction of sp³-hybridized carbons (Fsp3) is 0.516. The lowest BCUT2D eigenvalue weighted by Gasteiger charge is -2.60. The zero-order chi connectivity index (χ0) is 26.2. The van der Waals surface area contributed by atoms with Crippen molar-refractivity contribution in [1.82, 2.24) is 9.80 Å². The van der Waals surface area contributed by atoms with Gasteiger partial charge in [-0.3, -0.25) is 4.79 Å². The number of likely N-dealkylation sites (N-methyl/N-ethyl adjacent to an activating group) is 2. The molecule has 37 heavy (non-hydrogen) atoms. The molecule has 6 nitrogen and oxygen atoms in total. The van der Waals surface area contributed by atoms with Crippen molar-refractivity contribution in [1.29, 1.82) is 0 Å². The molecule has 1 amide bonds. The molecule has 2 heterocycles. The smallest absolute Gasteiger partial charge is 0.298 e. The van der Waals surface area contributed by atoms with E-state index in [-0.39, 0.29) is 29.2 Å². The summed E-state index contributed by atoms with van der Waals surface area (Å²) in [6.07, 6.45) is 3.67. The normalized spacial score (nSPS) is 29.0. The fourth-order valence-electron chi connectivity index (χ4n) is 7.75. The lowest BCUT2D eigenvalue weighted by Crippen LogP contribution is -2.68. The first kappa shape index (κ1) is 24.2. The van der Waals surface area contributed by atoms with Crippen LogP contribution < -0.4 is 9.64 Å². The maximum Gasteiger partial charge on any atom is 0.298 e. The van der Waals surface area contributed by atoms with Gasteiger partial charge in [-0.05, 0) is 87.9 Å². The Morgan fingerprint density at radius 1 is 1.16 bits per heavy atom. The topological polar surface area (TPSA) is 56.2 Å². The Hall–Kier alpha value is -3.17. The van der Waals surface area contributed by atoms with Gasteiger partial charge in [0, 0.05) is 61.4 Å². The number of anilines is 1. The quantitative estimate of drug-likeness (QED) is 0.640. The van der Waals surface area contributed by atoms with E-state index in [1.807, 2.05) is 45.4 Å². The van der Waals surface area contributed by atoms with Gasteiger partial charge in [0.2, 0.25) is 0 Å². The van der Waals surface area contributed by atoms with E-state index in [2.05, 4.69) is 42.5 Å². The molecule has 2 aliphatic carbocycles. The van der Waals surface area contributed by atoms with E-state index in [9.17, 15) is 9.90 Å². The van der Waals surface area contributed by atoms with Crippen LogP contribution in [-0.4, -0.2) is 73.7 Å². The van der Waals surface area contributed by atoms with Gasteiger partial charge >= 0.3 is 0 Å². The number of nitrogens with zero attached hydrogens (tertiary/aromatic N) is 3. The molecule has 0 aromatic heterocycles. The van der Waals surface area contributed by atoms with E-state index in [1.165, 1.54) is 22.3 Å². The number of hydrogen-bond acceptors (Lipinski definition) is 5. The number of phenols is 1. The average molecular weight is 500 g/mol. The Bertz CT molecular complexity index is 1360. The number of benzene rings is 2. The monoisotopic (exact) mass is 499 g/mol. The van der Waals surface area contributed by atoms with Crippen molar-refractivity contribution >= 4 is 11.6 Å². The summed E-state index contributed by atoms with van der Waals surface area (Å²) in [4.78, 5) is 19.8. The van der Waals surface area contributed by atoms with Gasteiger partial charge in [0.05, 0.1) is 6.04 Å². The third-order valence-corrected chi connectivity index (χ3v) is 9.79. The molecule has 194 valence electrons. The van der Waals surface area contributed by atoms with Crippen LogP contribution in [0, 0.1) is 31.6 Å². The highest BCUT2D eigenvalue weighted by Crippen LogP contribution is 2.65. The van der Waals surface area contributed by atoms with Crippen molar-refractivity contribution in [3.63, 3.8) is 0 Å². The van der Waals surface area contributed by atoms with Crippen LogP contribution in [-0.2, 0) is 16.6 Å². The predicted molar refractivity (Wildman–Crippen MR) is 145 cm³/mol. The molecule has 0 radical (unpaired) electrons. The highest BCUT2D eigenvalue weighted by Gasteiger charge is 2.66. The zero-order valence-corrected chi connectivity index (χ0v) is 22.8. The van der Waals surface area contributed by atoms with Gasteiger partial charge in [-0.1, -0.05) is 12.0 Å². The molecule has 4 aliphatic rings. The van der Waals surface area contributed by atoms with E-state index in [1.54, 1.807) is 4.90 Å². The van der Waals surface area contributed by atoms with E-state index in [0.717, 1.165) is 43.5 Å². The summed E-state index contributed by atoms with van der Waals surface area (Å²) in [5, 5.41) is 11.1. The number of amides is 1. The van der Waals surface area contributed by atoms with Crippen LogP contribution in [0.15, 0.2) is 24.3 Å². The SMILES string of the molecule is Cc1ccc(C#CC(=O)N(C)[C@H]2CC[C@H]3[C@H]4Cc5c(N(C)C)cc(O)c6c5[C@@]3(CCN4C)[C@H]2O6)cc1C. The Kier molecular flexibility index (Phi) is 5.51. The van der Waals surface area contributed by atoms with Crippen molar-refractivity contribution in [2.45, 2.75) is 63.1 Å². The molecule has 1 N–H and O–H groups in total. The molecule has 2 bridgehead atoms.